The van der Waals surface area contributed by atoms with E-state index in [4.69, 9.17) is 0 Å². The summed E-state index contributed by atoms with van der Waals surface area (Å²) in [5, 5.41) is 3.37. The molecule has 1 heterocycles. The molecule has 0 amide bonds. The van der Waals surface area contributed by atoms with Crippen LogP contribution in [0.15, 0.2) is 64.4 Å². The van der Waals surface area contributed by atoms with Crippen LogP contribution in [0.25, 0.3) is 0 Å². The predicted octanol–water partition coefficient (Wildman–Crippen LogP) is 4.05. The van der Waals surface area contributed by atoms with E-state index in [9.17, 15) is 4.79 Å². The molecule has 0 radical (unpaired) electrons. The maximum absolute atomic E-state index is 12.5. The Hall–Kier alpha value is -1.58. The summed E-state index contributed by atoms with van der Waals surface area (Å²) in [6.07, 6.45) is 1.77. The molecule has 1 aliphatic heterocycles. The average Bonchev–Trinajstić information content (AvgIpc) is 2.57. The summed E-state index contributed by atoms with van der Waals surface area (Å²) in [5.74, 6) is 0.287. The maximum atomic E-state index is 12.5. The Bertz CT molecular complexity index is 647. The molecule has 1 saturated heterocycles. The van der Waals surface area contributed by atoms with Gasteiger partial charge >= 0.3 is 0 Å². The van der Waals surface area contributed by atoms with Crippen LogP contribution in [-0.4, -0.2) is 18.9 Å². The highest BCUT2D eigenvalue weighted by Gasteiger charge is 2.39. The van der Waals surface area contributed by atoms with E-state index in [0.29, 0.717) is 0 Å². The lowest BCUT2D eigenvalue weighted by molar-refractivity contribution is -0.123. The van der Waals surface area contributed by atoms with Gasteiger partial charge in [-0.25, -0.2) is 0 Å². The Balaban J connectivity index is 2.01. The van der Waals surface area contributed by atoms with E-state index in [1.165, 1.54) is 15.4 Å². The Labute approximate surface area is 136 Å². The molecule has 0 aliphatic carbocycles. The van der Waals surface area contributed by atoms with Crippen molar-refractivity contribution >= 4 is 17.5 Å². The van der Waals surface area contributed by atoms with Crippen molar-refractivity contribution in [3.63, 3.8) is 0 Å². The number of rotatable bonds is 4. The van der Waals surface area contributed by atoms with E-state index in [1.54, 1.807) is 18.7 Å². The number of piperidine rings is 1. The molecule has 2 aromatic carbocycles. The van der Waals surface area contributed by atoms with Gasteiger partial charge in [-0.3, -0.25) is 4.79 Å². The normalized spacial score (nSPS) is 17.1. The van der Waals surface area contributed by atoms with Crippen LogP contribution in [-0.2, 0) is 10.2 Å². The van der Waals surface area contributed by atoms with Gasteiger partial charge < -0.3 is 5.32 Å². The predicted molar refractivity (Wildman–Crippen MR) is 91.5 cm³/mol. The summed E-state index contributed by atoms with van der Waals surface area (Å²) in [6.45, 7) is 3.56. The van der Waals surface area contributed by atoms with E-state index in [-0.39, 0.29) is 11.2 Å². The van der Waals surface area contributed by atoms with Gasteiger partial charge in [0.15, 0.2) is 0 Å². The van der Waals surface area contributed by atoms with Crippen LogP contribution in [0.1, 0.15) is 25.3 Å². The van der Waals surface area contributed by atoms with Gasteiger partial charge in [-0.05, 0) is 56.6 Å². The zero-order valence-electron chi connectivity index (χ0n) is 12.8. The van der Waals surface area contributed by atoms with E-state index < -0.39 is 0 Å². The van der Waals surface area contributed by atoms with E-state index >= 15 is 0 Å². The molecule has 22 heavy (non-hydrogen) atoms. The molecule has 1 fully saturated rings. The summed E-state index contributed by atoms with van der Waals surface area (Å²) >= 11 is 1.75. The van der Waals surface area contributed by atoms with Gasteiger partial charge in [-0.1, -0.05) is 48.2 Å². The standard InChI is InChI=1S/C19H21NOS/c1-15(21)19(11-13-20-14-12-19)17-9-5-6-10-18(17)22-16-7-3-2-4-8-16/h2-10,20H,11-14H2,1H3. The monoisotopic (exact) mass is 311 g/mol. The van der Waals surface area contributed by atoms with Crippen LogP contribution in [0.4, 0.5) is 0 Å². The van der Waals surface area contributed by atoms with Crippen molar-refractivity contribution < 1.29 is 4.79 Å². The van der Waals surface area contributed by atoms with Crippen molar-refractivity contribution in [3.05, 3.63) is 60.2 Å². The van der Waals surface area contributed by atoms with Crippen molar-refractivity contribution in [2.24, 2.45) is 0 Å². The zero-order chi connectivity index (χ0) is 15.4. The van der Waals surface area contributed by atoms with Crippen molar-refractivity contribution in [2.75, 3.05) is 13.1 Å². The van der Waals surface area contributed by atoms with Gasteiger partial charge in [0.1, 0.15) is 5.78 Å². The summed E-state index contributed by atoms with van der Waals surface area (Å²) in [4.78, 5) is 14.9. The summed E-state index contributed by atoms with van der Waals surface area (Å²) in [7, 11) is 0. The molecule has 2 nitrogen and oxygen atoms in total. The molecular formula is C19H21NOS. The van der Waals surface area contributed by atoms with E-state index in [0.717, 1.165) is 25.9 Å². The lowest BCUT2D eigenvalue weighted by Gasteiger charge is -2.37. The molecule has 3 heteroatoms. The fourth-order valence-corrected chi connectivity index (χ4v) is 4.30. The third-order valence-corrected chi connectivity index (χ3v) is 5.59. The molecule has 0 aromatic heterocycles. The fraction of sp³-hybridized carbons (Fsp3) is 0.316. The van der Waals surface area contributed by atoms with Crippen LogP contribution in [0.2, 0.25) is 0 Å². The maximum Gasteiger partial charge on any atom is 0.140 e. The van der Waals surface area contributed by atoms with Gasteiger partial charge in [0.2, 0.25) is 0 Å². The fourth-order valence-electron chi connectivity index (χ4n) is 3.23. The molecule has 0 saturated carbocycles. The van der Waals surface area contributed by atoms with Gasteiger partial charge in [0.25, 0.3) is 0 Å². The van der Waals surface area contributed by atoms with Crippen molar-refractivity contribution in [1.29, 1.82) is 0 Å². The van der Waals surface area contributed by atoms with Gasteiger partial charge in [0.05, 0.1) is 5.41 Å². The smallest absolute Gasteiger partial charge is 0.140 e. The SMILES string of the molecule is CC(=O)C1(c2ccccc2Sc2ccccc2)CCNCC1. The molecule has 2 aromatic rings. The van der Waals surface area contributed by atoms with Crippen molar-refractivity contribution in [3.8, 4) is 0 Å². The molecule has 0 spiro atoms. The number of ketones is 1. The Morgan fingerprint density at radius 1 is 1.00 bits per heavy atom. The minimum Gasteiger partial charge on any atom is -0.317 e. The first-order valence-corrected chi connectivity index (χ1v) is 8.58. The molecule has 0 atom stereocenters. The highest BCUT2D eigenvalue weighted by atomic mass is 32.2. The van der Waals surface area contributed by atoms with Crippen LogP contribution in [0.3, 0.4) is 0 Å². The summed E-state index contributed by atoms with van der Waals surface area (Å²) in [6, 6.07) is 18.7. The van der Waals surface area contributed by atoms with Crippen molar-refractivity contribution in [1.82, 2.24) is 5.32 Å². The molecule has 0 unspecified atom stereocenters. The molecule has 1 N–H and O–H groups in total. The van der Waals surface area contributed by atoms with Gasteiger partial charge in [-0.15, -0.1) is 0 Å². The number of nitrogens with one attached hydrogen (secondary N) is 1. The first-order valence-electron chi connectivity index (χ1n) is 7.76. The molecule has 114 valence electrons. The third kappa shape index (κ3) is 2.96. The minimum absolute atomic E-state index is 0.287. The van der Waals surface area contributed by atoms with Gasteiger partial charge in [-0.2, -0.15) is 0 Å². The molecule has 0 bridgehead atoms. The van der Waals surface area contributed by atoms with E-state index in [1.807, 2.05) is 6.07 Å². The first-order chi connectivity index (χ1) is 10.7. The lowest BCUT2D eigenvalue weighted by Crippen LogP contribution is -2.44. The number of benzene rings is 2. The Morgan fingerprint density at radius 2 is 1.64 bits per heavy atom. The average molecular weight is 311 g/mol. The second-order valence-corrected chi connectivity index (χ2v) is 6.91. The van der Waals surface area contributed by atoms with Crippen molar-refractivity contribution in [2.45, 2.75) is 35.0 Å². The topological polar surface area (TPSA) is 29.1 Å². The second kappa shape index (κ2) is 6.67. The lowest BCUT2D eigenvalue weighted by atomic mass is 9.70. The highest BCUT2D eigenvalue weighted by molar-refractivity contribution is 7.99. The number of carbonyl (C=O) groups excluding carboxylic acids is 1. The van der Waals surface area contributed by atoms with E-state index in [2.05, 4.69) is 53.8 Å². The summed E-state index contributed by atoms with van der Waals surface area (Å²) in [5.41, 5.74) is 0.863. The first kappa shape index (κ1) is 15.3. The van der Waals surface area contributed by atoms with Crippen LogP contribution in [0.5, 0.6) is 0 Å². The zero-order valence-corrected chi connectivity index (χ0v) is 13.7. The largest absolute Gasteiger partial charge is 0.317 e. The number of hydrogen-bond acceptors (Lipinski definition) is 3. The number of Topliss-reactive ketones (excluding diaryl/α,β-unsaturated/α-hetero) is 1. The number of hydrogen-bond donors (Lipinski definition) is 1. The quantitative estimate of drug-likeness (QED) is 0.923. The van der Waals surface area contributed by atoms with Crippen LogP contribution in [0, 0.1) is 0 Å². The second-order valence-electron chi connectivity index (χ2n) is 5.80. The van der Waals surface area contributed by atoms with Gasteiger partial charge in [0, 0.05) is 9.79 Å². The number of carbonyl (C=O) groups is 1. The molecule has 1 aliphatic rings. The third-order valence-electron chi connectivity index (χ3n) is 4.50. The summed E-state index contributed by atoms with van der Waals surface area (Å²) < 4.78 is 0. The molecule has 3 rings (SSSR count). The van der Waals surface area contributed by atoms with Crippen LogP contribution >= 0.6 is 11.8 Å². The Morgan fingerprint density at radius 3 is 2.32 bits per heavy atom. The Kier molecular flexibility index (Phi) is 4.65. The van der Waals surface area contributed by atoms with Crippen LogP contribution < -0.4 is 5.32 Å². The molecular weight excluding hydrogens is 290 g/mol. The minimum atomic E-state index is -0.330. The highest BCUT2D eigenvalue weighted by Crippen LogP contribution is 2.41.